The van der Waals surface area contributed by atoms with E-state index in [0.29, 0.717) is 0 Å². The van der Waals surface area contributed by atoms with E-state index in [1.165, 1.54) is 11.4 Å². The summed E-state index contributed by atoms with van der Waals surface area (Å²) < 4.78 is 0. The van der Waals surface area contributed by atoms with Gasteiger partial charge >= 0.3 is 12.0 Å². The molecule has 0 rings (SSSR count). The molecule has 0 fully saturated rings. The molecule has 0 N–H and O–H groups in total. The Morgan fingerprint density at radius 2 is 0.800 bits per heavy atom. The third-order valence-electron chi connectivity index (χ3n) is 0.461. The first kappa shape index (κ1) is 11.9. The zero-order valence-corrected chi connectivity index (χ0v) is 11.0. The standard InChI is InChI=1S/C2H2Cl6Si2/c3-9(4,5)1-2-10(6,7)8/h1-2H/b2-1-. The molecule has 0 saturated heterocycles. The van der Waals surface area contributed by atoms with Gasteiger partial charge in [0.2, 0.25) is 0 Å². The lowest BCUT2D eigenvalue weighted by Gasteiger charge is -2.02. The van der Waals surface area contributed by atoms with Crippen molar-refractivity contribution in [3.8, 4) is 0 Å². The third-order valence-corrected chi connectivity index (χ3v) is 4.15. The number of hydrogen-bond donors (Lipinski definition) is 0. The molecule has 0 bridgehead atoms. The van der Waals surface area contributed by atoms with E-state index < -0.39 is 12.0 Å². The van der Waals surface area contributed by atoms with Gasteiger partial charge in [-0.3, -0.25) is 0 Å². The number of rotatable bonds is 2. The number of halogens is 6. The van der Waals surface area contributed by atoms with Crippen LogP contribution in [0.5, 0.6) is 0 Å². The Morgan fingerprint density at radius 1 is 0.600 bits per heavy atom. The van der Waals surface area contributed by atoms with Crippen molar-refractivity contribution in [3.63, 3.8) is 0 Å². The predicted molar refractivity (Wildman–Crippen MR) is 55.8 cm³/mol. The van der Waals surface area contributed by atoms with Crippen molar-refractivity contribution in [2.24, 2.45) is 0 Å². The highest BCUT2D eigenvalue weighted by atomic mass is 35.8. The Bertz CT molecular complexity index is 114. The fourth-order valence-electron chi connectivity index (χ4n) is 0.189. The molecule has 60 valence electrons. The molecule has 0 radical (unpaired) electrons. The summed E-state index contributed by atoms with van der Waals surface area (Å²) in [5.41, 5.74) is 2.74. The molecule has 10 heavy (non-hydrogen) atoms. The molecule has 0 nitrogen and oxygen atoms in total. The van der Waals surface area contributed by atoms with Crippen LogP contribution in [0.2, 0.25) is 0 Å². The summed E-state index contributed by atoms with van der Waals surface area (Å²) in [5, 5.41) is 0. The molecule has 0 unspecified atom stereocenters. The van der Waals surface area contributed by atoms with E-state index in [2.05, 4.69) is 0 Å². The Hall–Kier alpha value is 1.91. The van der Waals surface area contributed by atoms with Crippen molar-refractivity contribution in [1.29, 1.82) is 0 Å². The Labute approximate surface area is 89.2 Å². The van der Waals surface area contributed by atoms with Crippen molar-refractivity contribution in [2.45, 2.75) is 0 Å². The molecule has 0 aromatic rings. The Balaban J connectivity index is 4.01. The van der Waals surface area contributed by atoms with Gasteiger partial charge in [0.15, 0.2) is 0 Å². The molecular weight excluding hydrogens is 293 g/mol. The summed E-state index contributed by atoms with van der Waals surface area (Å²) in [6.45, 7) is 0. The van der Waals surface area contributed by atoms with Gasteiger partial charge in [0.1, 0.15) is 0 Å². The van der Waals surface area contributed by atoms with Crippen LogP contribution in [0.4, 0.5) is 0 Å². The highest BCUT2D eigenvalue weighted by Crippen LogP contribution is 2.26. The van der Waals surface area contributed by atoms with Crippen LogP contribution in [-0.4, -0.2) is 12.0 Å². The van der Waals surface area contributed by atoms with Gasteiger partial charge in [-0.25, -0.2) is 0 Å². The zero-order valence-electron chi connectivity index (χ0n) is 4.42. The SMILES string of the molecule is Cl[Si](Cl)(Cl)/C=C\[Si](Cl)(Cl)Cl. The smallest absolute Gasteiger partial charge is 0.121 e. The fourth-order valence-corrected chi connectivity index (χ4v) is 5.10. The third kappa shape index (κ3) is 9.91. The first-order valence-corrected chi connectivity index (χ1v) is 12.3. The van der Waals surface area contributed by atoms with Crippen LogP contribution in [0.3, 0.4) is 0 Å². The van der Waals surface area contributed by atoms with E-state index in [1.54, 1.807) is 0 Å². The summed E-state index contributed by atoms with van der Waals surface area (Å²) in [4.78, 5) is 0. The van der Waals surface area contributed by atoms with Gasteiger partial charge in [0, 0.05) is 0 Å². The molecule has 8 heteroatoms. The van der Waals surface area contributed by atoms with Crippen molar-refractivity contribution < 1.29 is 0 Å². The van der Waals surface area contributed by atoms with Gasteiger partial charge < -0.3 is 0 Å². The maximum Gasteiger partial charge on any atom is 0.365 e. The summed E-state index contributed by atoms with van der Waals surface area (Å²) >= 11 is 32.8. The summed E-state index contributed by atoms with van der Waals surface area (Å²) in [6.07, 6.45) is 0. The maximum absolute atomic E-state index is 5.47. The van der Waals surface area contributed by atoms with Crippen molar-refractivity contribution in [1.82, 2.24) is 0 Å². The molecule has 0 aliphatic carbocycles. The molecule has 0 aromatic heterocycles. The molecule has 0 aliphatic rings. The molecule has 0 aliphatic heterocycles. The van der Waals surface area contributed by atoms with Gasteiger partial charge in [-0.05, 0) is 0 Å². The first-order chi connectivity index (χ1) is 4.21. The molecule has 0 aromatic carbocycles. The minimum atomic E-state index is -2.75. The highest BCUT2D eigenvalue weighted by molar-refractivity contribution is 7.69. The molecule has 0 saturated carbocycles. The average Bonchev–Trinajstić information content (AvgIpc) is 1.57. The van der Waals surface area contributed by atoms with Crippen molar-refractivity contribution in [2.75, 3.05) is 0 Å². The molecule has 0 spiro atoms. The zero-order chi connectivity index (χ0) is 8.41. The van der Waals surface area contributed by atoms with Crippen LogP contribution in [0.15, 0.2) is 11.4 Å². The van der Waals surface area contributed by atoms with Gasteiger partial charge in [0.05, 0.1) is 0 Å². The number of hydrogen-bond acceptors (Lipinski definition) is 0. The van der Waals surface area contributed by atoms with Crippen molar-refractivity contribution in [3.05, 3.63) is 11.4 Å². The lowest BCUT2D eigenvalue weighted by molar-refractivity contribution is 2.40. The second-order valence-electron chi connectivity index (χ2n) is 1.42. The molecule has 0 amide bonds. The maximum atomic E-state index is 5.47. The second-order valence-corrected chi connectivity index (χ2v) is 18.5. The topological polar surface area (TPSA) is 0 Å². The largest absolute Gasteiger partial charge is 0.365 e. The fraction of sp³-hybridized carbons (Fsp3) is 0. The van der Waals surface area contributed by atoms with Gasteiger partial charge in [-0.1, -0.05) is 11.4 Å². The van der Waals surface area contributed by atoms with E-state index >= 15 is 0 Å². The summed E-state index contributed by atoms with van der Waals surface area (Å²) in [7, 11) is 0. The normalized spacial score (nSPS) is 14.6. The molecular formula is C2H2Cl6Si2. The monoisotopic (exact) mass is 292 g/mol. The Morgan fingerprint density at radius 3 is 0.900 bits per heavy atom. The lowest BCUT2D eigenvalue weighted by atomic mass is 11.2. The van der Waals surface area contributed by atoms with Crippen LogP contribution >= 0.6 is 66.5 Å². The van der Waals surface area contributed by atoms with Crippen LogP contribution in [0.25, 0.3) is 0 Å². The molecule has 0 heterocycles. The van der Waals surface area contributed by atoms with Gasteiger partial charge in [-0.15, -0.1) is 66.5 Å². The summed E-state index contributed by atoms with van der Waals surface area (Å²) in [5.74, 6) is 0. The van der Waals surface area contributed by atoms with E-state index in [-0.39, 0.29) is 0 Å². The van der Waals surface area contributed by atoms with Crippen molar-refractivity contribution >= 4 is 78.5 Å². The van der Waals surface area contributed by atoms with E-state index in [9.17, 15) is 0 Å². The minimum Gasteiger partial charge on any atom is -0.121 e. The van der Waals surface area contributed by atoms with E-state index in [1.807, 2.05) is 0 Å². The Kier molecular flexibility index (Phi) is 5.05. The van der Waals surface area contributed by atoms with Gasteiger partial charge in [-0.2, -0.15) is 0 Å². The minimum absolute atomic E-state index is 1.37. The van der Waals surface area contributed by atoms with E-state index in [4.69, 9.17) is 66.5 Å². The van der Waals surface area contributed by atoms with Crippen LogP contribution in [-0.2, 0) is 0 Å². The van der Waals surface area contributed by atoms with Gasteiger partial charge in [0.25, 0.3) is 0 Å². The van der Waals surface area contributed by atoms with Crippen LogP contribution in [0.1, 0.15) is 0 Å². The average molecular weight is 295 g/mol. The van der Waals surface area contributed by atoms with Crippen LogP contribution in [0, 0.1) is 0 Å². The van der Waals surface area contributed by atoms with E-state index in [0.717, 1.165) is 0 Å². The lowest BCUT2D eigenvalue weighted by Crippen LogP contribution is -2.10. The quantitative estimate of drug-likeness (QED) is 0.535. The first-order valence-electron chi connectivity index (χ1n) is 2.04. The summed E-state index contributed by atoms with van der Waals surface area (Å²) in [6, 6.07) is -5.50. The highest BCUT2D eigenvalue weighted by Gasteiger charge is 2.26. The van der Waals surface area contributed by atoms with Crippen LogP contribution < -0.4 is 0 Å². The predicted octanol–water partition coefficient (Wildman–Crippen LogP) is 3.93. The second kappa shape index (κ2) is 4.24. The molecule has 0 atom stereocenters.